The molecule has 238 valence electrons. The third kappa shape index (κ3) is 6.82. The summed E-state index contributed by atoms with van der Waals surface area (Å²) in [7, 11) is -2.24. The van der Waals surface area contributed by atoms with Crippen LogP contribution in [0.15, 0.2) is 91.0 Å². The van der Waals surface area contributed by atoms with Gasteiger partial charge in [0.25, 0.3) is 5.91 Å². The summed E-state index contributed by atoms with van der Waals surface area (Å²) < 4.78 is 12.1. The predicted octanol–water partition coefficient (Wildman–Crippen LogP) is 5.77. The minimum Gasteiger partial charge on any atom is -0.415 e. The van der Waals surface area contributed by atoms with Crippen molar-refractivity contribution in [3.05, 3.63) is 108 Å². The van der Waals surface area contributed by atoms with Crippen LogP contribution in [0.4, 0.5) is 0 Å². The summed E-state index contributed by atoms with van der Waals surface area (Å²) in [6.07, 6.45) is 0.316. The highest BCUT2D eigenvalue weighted by Crippen LogP contribution is 2.41. The van der Waals surface area contributed by atoms with Crippen molar-refractivity contribution >= 4 is 26.0 Å². The second-order valence-electron chi connectivity index (χ2n) is 13.4. The van der Waals surface area contributed by atoms with Gasteiger partial charge in [-0.1, -0.05) is 112 Å². The first-order valence-corrected chi connectivity index (χ1v) is 18.6. The number of ketones is 1. The van der Waals surface area contributed by atoms with Crippen LogP contribution < -0.4 is 5.32 Å². The molecule has 1 unspecified atom stereocenters. The maximum atomic E-state index is 14.0. The van der Waals surface area contributed by atoms with Gasteiger partial charge < -0.3 is 14.0 Å². The van der Waals surface area contributed by atoms with Crippen molar-refractivity contribution in [2.24, 2.45) is 0 Å². The third-order valence-electron chi connectivity index (χ3n) is 9.39. The van der Waals surface area contributed by atoms with Gasteiger partial charge in [-0.15, -0.1) is 0 Å². The van der Waals surface area contributed by atoms with Crippen molar-refractivity contribution in [3.8, 4) is 0 Å². The Morgan fingerprint density at radius 1 is 0.889 bits per heavy atom. The van der Waals surface area contributed by atoms with Crippen molar-refractivity contribution < 1.29 is 28.4 Å². The van der Waals surface area contributed by atoms with Crippen LogP contribution in [0.25, 0.3) is 0 Å². The van der Waals surface area contributed by atoms with Crippen LogP contribution in [-0.4, -0.2) is 62.4 Å². The van der Waals surface area contributed by atoms with Gasteiger partial charge in [-0.3, -0.25) is 14.9 Å². The molecule has 2 heterocycles. The summed E-state index contributed by atoms with van der Waals surface area (Å²) in [5, 5.41) is 4.78. The molecule has 2 fully saturated rings. The van der Waals surface area contributed by atoms with Gasteiger partial charge in [-0.25, -0.2) is 4.79 Å². The van der Waals surface area contributed by atoms with Crippen LogP contribution in [0.3, 0.4) is 0 Å². The van der Waals surface area contributed by atoms with E-state index in [0.717, 1.165) is 28.2 Å². The Bertz CT molecular complexity index is 1370. The number of benzene rings is 3. The zero-order valence-corrected chi connectivity index (χ0v) is 27.8. The van der Waals surface area contributed by atoms with Gasteiger partial charge in [0, 0.05) is 6.61 Å². The Balaban J connectivity index is 1.50. The number of β-lactam (4-membered cyclic amide) rings is 1. The molecule has 1 N–H and O–H groups in total. The molecule has 0 radical (unpaired) electrons. The Morgan fingerprint density at radius 3 is 1.84 bits per heavy atom. The monoisotopic (exact) mass is 628 g/mol. The number of carbonyl (C=O) groups is 3. The lowest BCUT2D eigenvalue weighted by Crippen LogP contribution is -2.74. The molecule has 3 atom stereocenters. The Labute approximate surface area is 267 Å². The summed E-state index contributed by atoms with van der Waals surface area (Å²) in [4.78, 5) is 45.2. The van der Waals surface area contributed by atoms with Crippen molar-refractivity contribution in [1.29, 1.82) is 0 Å². The molecule has 0 saturated carbocycles. The number of nitrogens with zero attached hydrogens (tertiary/aromatic N) is 1. The largest absolute Gasteiger partial charge is 0.415 e. The van der Waals surface area contributed by atoms with Crippen LogP contribution in [0.5, 0.6) is 0 Å². The lowest BCUT2D eigenvalue weighted by molar-refractivity contribution is -0.236. The van der Waals surface area contributed by atoms with Gasteiger partial charge in [0.2, 0.25) is 0 Å². The first kappa shape index (κ1) is 32.8. The van der Waals surface area contributed by atoms with Gasteiger partial charge in [0.05, 0.1) is 12.1 Å². The molecular weight excluding hydrogens is 584 g/mol. The van der Waals surface area contributed by atoms with Crippen molar-refractivity contribution in [2.75, 3.05) is 13.2 Å². The highest BCUT2D eigenvalue weighted by molar-refractivity contribution is 6.74. The molecule has 8 nitrogen and oxygen atoms in total. The van der Waals surface area contributed by atoms with Crippen LogP contribution in [-0.2, 0) is 33.9 Å². The maximum Gasteiger partial charge on any atom is 0.340 e. The first-order valence-electron chi connectivity index (χ1n) is 15.7. The first-order chi connectivity index (χ1) is 21.4. The van der Waals surface area contributed by atoms with Gasteiger partial charge in [-0.2, -0.15) is 5.06 Å². The zero-order chi connectivity index (χ0) is 32.2. The molecule has 2 aliphatic rings. The summed E-state index contributed by atoms with van der Waals surface area (Å²) in [6.45, 7) is 11.4. The lowest BCUT2D eigenvalue weighted by Gasteiger charge is -2.50. The molecule has 0 aliphatic carbocycles. The van der Waals surface area contributed by atoms with E-state index in [1.165, 1.54) is 0 Å². The van der Waals surface area contributed by atoms with Crippen molar-refractivity contribution in [1.82, 2.24) is 10.4 Å². The maximum absolute atomic E-state index is 14.0. The molecule has 3 aromatic carbocycles. The summed E-state index contributed by atoms with van der Waals surface area (Å²) in [5.74, 6) is -1.51. The number of Topliss-reactive ketones (excluding diaryl/α,β-unsaturated/α-hetero) is 1. The quantitative estimate of drug-likeness (QED) is 0.118. The standard InChI is InChI=1S/C36H44N2O6Si/c1-35(2,3)45(4,5)43-25-29-33(34(41)38(29)44-32(40)24-30(39)31-22-15-23-42-31)37-36(26-16-9-6-10-17-26,27-18-11-7-12-19-27)28-20-13-8-14-21-28/h6-14,16-21,29,31,33,37H,15,22-25H2,1-5H3/t29-,31?,33+/m1/s1. The Hall–Kier alpha value is -3.63. The van der Waals surface area contributed by atoms with Gasteiger partial charge in [-0.05, 0) is 47.7 Å². The SMILES string of the molecule is CC(C)(C)[Si](C)(C)OC[C@@H]1[C@H](NC(c2ccccc2)(c2ccccc2)c2ccccc2)C(=O)N1OC(=O)CC(=O)C1CCCO1. The van der Waals surface area contributed by atoms with E-state index in [4.69, 9.17) is 14.0 Å². The number of amides is 1. The summed E-state index contributed by atoms with van der Waals surface area (Å²) >= 11 is 0. The lowest BCUT2D eigenvalue weighted by atomic mass is 9.75. The summed E-state index contributed by atoms with van der Waals surface area (Å²) in [5.41, 5.74) is 1.95. The number of hydroxylamine groups is 2. The average molecular weight is 629 g/mol. The molecular formula is C36H44N2O6Si. The minimum absolute atomic E-state index is 0.0687. The van der Waals surface area contributed by atoms with E-state index in [1.807, 2.05) is 91.0 Å². The Morgan fingerprint density at radius 2 is 1.40 bits per heavy atom. The van der Waals surface area contributed by atoms with Crippen molar-refractivity contribution in [3.63, 3.8) is 0 Å². The molecule has 0 spiro atoms. The van der Waals surface area contributed by atoms with E-state index >= 15 is 0 Å². The highest BCUT2D eigenvalue weighted by Gasteiger charge is 2.55. The van der Waals surface area contributed by atoms with E-state index < -0.39 is 50.3 Å². The number of hydrogen-bond donors (Lipinski definition) is 1. The fraction of sp³-hybridized carbons (Fsp3) is 0.417. The normalized spacial score (nSPS) is 20.5. The van der Waals surface area contributed by atoms with Crippen LogP contribution in [0.2, 0.25) is 18.1 Å². The summed E-state index contributed by atoms with van der Waals surface area (Å²) in [6, 6.07) is 28.7. The van der Waals surface area contributed by atoms with E-state index in [-0.39, 0.29) is 17.4 Å². The van der Waals surface area contributed by atoms with Crippen LogP contribution >= 0.6 is 0 Å². The van der Waals surface area contributed by atoms with Gasteiger partial charge in [0.15, 0.2) is 14.1 Å². The number of ether oxygens (including phenoxy) is 1. The molecule has 3 aromatic rings. The molecule has 9 heteroatoms. The average Bonchev–Trinajstić information content (AvgIpc) is 3.58. The van der Waals surface area contributed by atoms with Crippen LogP contribution in [0.1, 0.15) is 56.7 Å². The van der Waals surface area contributed by atoms with E-state index in [0.29, 0.717) is 13.0 Å². The fourth-order valence-corrected chi connectivity index (χ4v) is 6.76. The second-order valence-corrected chi connectivity index (χ2v) is 18.2. The van der Waals surface area contributed by atoms with Crippen LogP contribution in [0, 0.1) is 0 Å². The van der Waals surface area contributed by atoms with E-state index in [9.17, 15) is 14.4 Å². The van der Waals surface area contributed by atoms with E-state index in [1.54, 1.807) is 0 Å². The number of carbonyl (C=O) groups excluding carboxylic acids is 3. The van der Waals surface area contributed by atoms with Crippen molar-refractivity contribution in [2.45, 2.75) is 81.9 Å². The third-order valence-corrected chi connectivity index (χ3v) is 13.9. The minimum atomic E-state index is -2.24. The molecule has 0 bridgehead atoms. The van der Waals surface area contributed by atoms with E-state index in [2.05, 4.69) is 39.2 Å². The number of nitrogens with one attached hydrogen (secondary N) is 1. The fourth-order valence-electron chi connectivity index (χ4n) is 5.74. The molecule has 45 heavy (non-hydrogen) atoms. The Kier molecular flexibility index (Phi) is 9.74. The van der Waals surface area contributed by atoms with Gasteiger partial charge in [0.1, 0.15) is 24.6 Å². The zero-order valence-electron chi connectivity index (χ0n) is 26.8. The molecule has 5 rings (SSSR count). The molecule has 1 amide bonds. The highest BCUT2D eigenvalue weighted by atomic mass is 28.4. The predicted molar refractivity (Wildman–Crippen MR) is 175 cm³/mol. The topological polar surface area (TPSA) is 94.2 Å². The molecule has 2 aliphatic heterocycles. The smallest absolute Gasteiger partial charge is 0.340 e. The molecule has 0 aromatic heterocycles. The molecule has 2 saturated heterocycles. The number of hydrogen-bond acceptors (Lipinski definition) is 7. The number of rotatable bonds is 12. The van der Waals surface area contributed by atoms with Gasteiger partial charge >= 0.3 is 5.97 Å². The second kappa shape index (κ2) is 13.4.